The number of rotatable bonds is 4. The first-order valence-electron chi connectivity index (χ1n) is 4.81. The number of hydrogen-bond donors (Lipinski definition) is 1. The lowest BCUT2D eigenvalue weighted by Crippen LogP contribution is -2.02. The molecule has 0 bridgehead atoms. The van der Waals surface area contributed by atoms with E-state index in [0.29, 0.717) is 11.3 Å². The molecule has 0 saturated carbocycles. The Morgan fingerprint density at radius 1 is 1.67 bits per heavy atom. The maximum Gasteiger partial charge on any atom is 0.337 e. The quantitative estimate of drug-likeness (QED) is 0.813. The number of nitrogens with zero attached hydrogens (tertiary/aromatic N) is 2. The van der Waals surface area contributed by atoms with Crippen molar-refractivity contribution >= 4 is 5.97 Å². The van der Waals surface area contributed by atoms with Gasteiger partial charge in [-0.25, -0.2) is 4.79 Å². The topological polar surface area (TPSA) is 74.0 Å². The van der Waals surface area contributed by atoms with Crippen LogP contribution in [0.25, 0.3) is 0 Å². The van der Waals surface area contributed by atoms with Gasteiger partial charge in [0.15, 0.2) is 0 Å². The highest BCUT2D eigenvalue weighted by Crippen LogP contribution is 2.10. The molecule has 0 amide bonds. The molecular weight excluding hydrogens is 192 g/mol. The molecule has 0 aliphatic carbocycles. The predicted molar refractivity (Wildman–Crippen MR) is 54.5 cm³/mol. The largest absolute Gasteiger partial charge is 0.478 e. The summed E-state index contributed by atoms with van der Waals surface area (Å²) in [6, 6.07) is 3.35. The maximum absolute atomic E-state index is 10.6. The van der Waals surface area contributed by atoms with Crippen LogP contribution in [-0.4, -0.2) is 16.1 Å². The van der Waals surface area contributed by atoms with Gasteiger partial charge in [-0.15, -0.1) is 0 Å². The number of pyridine rings is 1. The molecule has 0 unspecified atom stereocenters. The fraction of sp³-hybridized carbons (Fsp3) is 0.364. The number of unbranched alkanes of at least 4 members (excludes halogenated alkanes) is 1. The molecule has 0 aromatic carbocycles. The Morgan fingerprint density at radius 3 is 2.93 bits per heavy atom. The smallest absolute Gasteiger partial charge is 0.337 e. The summed E-state index contributed by atoms with van der Waals surface area (Å²) in [7, 11) is 0. The van der Waals surface area contributed by atoms with Crippen molar-refractivity contribution in [1.82, 2.24) is 4.98 Å². The van der Waals surface area contributed by atoms with Gasteiger partial charge in [-0.2, -0.15) is 5.26 Å². The van der Waals surface area contributed by atoms with Crippen LogP contribution in [0.15, 0.2) is 12.3 Å². The molecule has 0 radical (unpaired) electrons. The number of hydrogen-bond acceptors (Lipinski definition) is 3. The first kappa shape index (κ1) is 11.2. The lowest BCUT2D eigenvalue weighted by atomic mass is 10.1. The minimum atomic E-state index is -1.05. The van der Waals surface area contributed by atoms with Crippen LogP contribution in [0.4, 0.5) is 0 Å². The number of nitriles is 1. The number of carboxylic acids is 1. The second kappa shape index (κ2) is 5.11. The van der Waals surface area contributed by atoms with Crippen molar-refractivity contribution in [1.29, 1.82) is 5.26 Å². The SMILES string of the molecule is CCCCc1ncc(C(=O)O)cc1C#N. The van der Waals surface area contributed by atoms with Crippen molar-refractivity contribution in [3.63, 3.8) is 0 Å². The van der Waals surface area contributed by atoms with E-state index in [0.717, 1.165) is 19.3 Å². The summed E-state index contributed by atoms with van der Waals surface area (Å²) in [6.07, 6.45) is 3.99. The molecule has 1 heterocycles. The van der Waals surface area contributed by atoms with Crippen molar-refractivity contribution in [3.05, 3.63) is 29.1 Å². The van der Waals surface area contributed by atoms with Crippen molar-refractivity contribution in [2.24, 2.45) is 0 Å². The zero-order valence-electron chi connectivity index (χ0n) is 8.53. The zero-order valence-corrected chi connectivity index (χ0v) is 8.53. The maximum atomic E-state index is 10.6. The molecule has 0 aliphatic rings. The second-order valence-electron chi connectivity index (χ2n) is 3.24. The van der Waals surface area contributed by atoms with Crippen LogP contribution in [0.1, 0.15) is 41.4 Å². The van der Waals surface area contributed by atoms with Crippen molar-refractivity contribution in [2.45, 2.75) is 26.2 Å². The van der Waals surface area contributed by atoms with Crippen LogP contribution in [0.5, 0.6) is 0 Å². The minimum absolute atomic E-state index is 0.0619. The summed E-state index contributed by atoms with van der Waals surface area (Å²) in [6.45, 7) is 2.05. The number of aromatic nitrogens is 1. The second-order valence-corrected chi connectivity index (χ2v) is 3.24. The Morgan fingerprint density at radius 2 is 2.40 bits per heavy atom. The van der Waals surface area contributed by atoms with Gasteiger partial charge in [-0.1, -0.05) is 13.3 Å². The fourth-order valence-electron chi connectivity index (χ4n) is 1.25. The van der Waals surface area contributed by atoms with Crippen LogP contribution in [0, 0.1) is 11.3 Å². The van der Waals surface area contributed by atoms with Crippen molar-refractivity contribution < 1.29 is 9.90 Å². The Labute approximate surface area is 88.2 Å². The molecule has 0 atom stereocenters. The van der Waals surface area contributed by atoms with Gasteiger partial charge in [0, 0.05) is 6.20 Å². The van der Waals surface area contributed by atoms with Gasteiger partial charge < -0.3 is 5.11 Å². The molecule has 4 nitrogen and oxygen atoms in total. The molecule has 1 rings (SSSR count). The van der Waals surface area contributed by atoms with E-state index < -0.39 is 5.97 Å². The molecule has 0 saturated heterocycles. The lowest BCUT2D eigenvalue weighted by molar-refractivity contribution is 0.0696. The third kappa shape index (κ3) is 2.78. The van der Waals surface area contributed by atoms with Crippen LogP contribution in [-0.2, 0) is 6.42 Å². The van der Waals surface area contributed by atoms with E-state index in [4.69, 9.17) is 10.4 Å². The Kier molecular flexibility index (Phi) is 3.81. The summed E-state index contributed by atoms with van der Waals surface area (Å²) in [5, 5.41) is 17.6. The molecule has 0 aliphatic heterocycles. The van der Waals surface area contributed by atoms with Gasteiger partial charge in [0.25, 0.3) is 0 Å². The standard InChI is InChI=1S/C11H12N2O2/c1-2-3-4-10-8(6-12)5-9(7-13-10)11(14)15/h5,7H,2-4H2,1H3,(H,14,15). The van der Waals surface area contributed by atoms with E-state index >= 15 is 0 Å². The molecule has 1 N–H and O–H groups in total. The summed E-state index contributed by atoms with van der Waals surface area (Å²) in [4.78, 5) is 14.6. The molecule has 0 spiro atoms. The van der Waals surface area contributed by atoms with Crippen LogP contribution >= 0.6 is 0 Å². The number of carboxylic acid groups (broad SMARTS) is 1. The van der Waals surface area contributed by atoms with Gasteiger partial charge in [0.05, 0.1) is 16.8 Å². The summed E-state index contributed by atoms with van der Waals surface area (Å²) >= 11 is 0. The monoisotopic (exact) mass is 204 g/mol. The summed E-state index contributed by atoms with van der Waals surface area (Å²) < 4.78 is 0. The van der Waals surface area contributed by atoms with E-state index in [1.54, 1.807) is 0 Å². The Balaban J connectivity index is 3.00. The van der Waals surface area contributed by atoms with Crippen molar-refractivity contribution in [2.75, 3.05) is 0 Å². The molecule has 1 aromatic heterocycles. The fourth-order valence-corrected chi connectivity index (χ4v) is 1.25. The highest BCUT2D eigenvalue weighted by atomic mass is 16.4. The van der Waals surface area contributed by atoms with E-state index in [2.05, 4.69) is 11.9 Å². The first-order chi connectivity index (χ1) is 7.19. The lowest BCUT2D eigenvalue weighted by Gasteiger charge is -2.02. The van der Waals surface area contributed by atoms with Gasteiger partial charge in [0.1, 0.15) is 6.07 Å². The average molecular weight is 204 g/mol. The molecule has 4 heteroatoms. The predicted octanol–water partition coefficient (Wildman–Crippen LogP) is 1.99. The number of aryl methyl sites for hydroxylation is 1. The molecule has 15 heavy (non-hydrogen) atoms. The van der Waals surface area contributed by atoms with E-state index in [1.165, 1.54) is 12.3 Å². The average Bonchev–Trinajstić information content (AvgIpc) is 2.25. The van der Waals surface area contributed by atoms with E-state index in [9.17, 15) is 4.79 Å². The van der Waals surface area contributed by atoms with Gasteiger partial charge in [-0.05, 0) is 18.9 Å². The minimum Gasteiger partial charge on any atom is -0.478 e. The van der Waals surface area contributed by atoms with Crippen molar-refractivity contribution in [3.8, 4) is 6.07 Å². The van der Waals surface area contributed by atoms with E-state index in [1.807, 2.05) is 6.07 Å². The Hall–Kier alpha value is -1.89. The summed E-state index contributed by atoms with van der Waals surface area (Å²) in [5.74, 6) is -1.05. The zero-order chi connectivity index (χ0) is 11.3. The van der Waals surface area contributed by atoms with E-state index in [-0.39, 0.29) is 5.56 Å². The summed E-state index contributed by atoms with van der Waals surface area (Å²) in [5.41, 5.74) is 1.11. The highest BCUT2D eigenvalue weighted by Gasteiger charge is 2.08. The number of aromatic carboxylic acids is 1. The van der Waals surface area contributed by atoms with Crippen LogP contribution < -0.4 is 0 Å². The molecule has 78 valence electrons. The third-order valence-electron chi connectivity index (χ3n) is 2.10. The van der Waals surface area contributed by atoms with Gasteiger partial charge in [0.2, 0.25) is 0 Å². The molecule has 0 fully saturated rings. The highest BCUT2D eigenvalue weighted by molar-refractivity contribution is 5.87. The van der Waals surface area contributed by atoms with Crippen LogP contribution in [0.3, 0.4) is 0 Å². The van der Waals surface area contributed by atoms with Crippen LogP contribution in [0.2, 0.25) is 0 Å². The Bertz CT molecular complexity index is 408. The number of carbonyl (C=O) groups is 1. The molecular formula is C11H12N2O2. The molecule has 1 aromatic rings. The van der Waals surface area contributed by atoms with Gasteiger partial charge >= 0.3 is 5.97 Å². The van der Waals surface area contributed by atoms with Gasteiger partial charge in [-0.3, -0.25) is 4.98 Å². The normalized spacial score (nSPS) is 9.60. The third-order valence-corrected chi connectivity index (χ3v) is 2.10. The first-order valence-corrected chi connectivity index (χ1v) is 4.81.